The zero-order valence-electron chi connectivity index (χ0n) is 11.3. The Bertz CT molecular complexity index is 384. The summed E-state index contributed by atoms with van der Waals surface area (Å²) >= 11 is 3.58. The Morgan fingerprint density at radius 1 is 1.22 bits per heavy atom. The van der Waals surface area contributed by atoms with Crippen LogP contribution < -0.4 is 10.6 Å². The second-order valence-electron chi connectivity index (χ2n) is 5.35. The molecule has 1 aliphatic carbocycles. The zero-order valence-corrected chi connectivity index (χ0v) is 12.9. The number of hydrogen-bond acceptors (Lipinski definition) is 2. The third-order valence-electron chi connectivity index (χ3n) is 4.02. The Morgan fingerprint density at radius 2 is 1.94 bits per heavy atom. The van der Waals surface area contributed by atoms with Crippen LogP contribution in [0.2, 0.25) is 0 Å². The molecule has 0 saturated heterocycles. The number of anilines is 1. The Balaban J connectivity index is 1.79. The molecule has 0 spiro atoms. The van der Waals surface area contributed by atoms with E-state index in [1.165, 1.54) is 41.4 Å². The van der Waals surface area contributed by atoms with Crippen molar-refractivity contribution in [3.63, 3.8) is 0 Å². The predicted octanol–water partition coefficient (Wildman–Crippen LogP) is 3.95. The maximum absolute atomic E-state index is 3.58. The molecule has 100 valence electrons. The van der Waals surface area contributed by atoms with E-state index in [-0.39, 0.29) is 0 Å². The van der Waals surface area contributed by atoms with Gasteiger partial charge in [-0.2, -0.15) is 0 Å². The van der Waals surface area contributed by atoms with Crippen LogP contribution in [-0.2, 0) is 0 Å². The summed E-state index contributed by atoms with van der Waals surface area (Å²) in [5.41, 5.74) is 2.51. The first-order valence-electron chi connectivity index (χ1n) is 6.86. The van der Waals surface area contributed by atoms with Crippen LogP contribution in [0.25, 0.3) is 0 Å². The highest BCUT2D eigenvalue weighted by molar-refractivity contribution is 9.10. The minimum Gasteiger partial charge on any atom is -0.385 e. The van der Waals surface area contributed by atoms with Gasteiger partial charge in [-0.3, -0.25) is 0 Å². The van der Waals surface area contributed by atoms with Crippen molar-refractivity contribution in [2.75, 3.05) is 18.9 Å². The predicted molar refractivity (Wildman–Crippen MR) is 82.2 cm³/mol. The normalized spacial score (nSPS) is 23.9. The lowest BCUT2D eigenvalue weighted by Crippen LogP contribution is -2.32. The van der Waals surface area contributed by atoms with Crippen LogP contribution in [-0.4, -0.2) is 19.6 Å². The van der Waals surface area contributed by atoms with Crippen molar-refractivity contribution in [3.8, 4) is 0 Å². The molecule has 1 saturated carbocycles. The Morgan fingerprint density at radius 3 is 2.56 bits per heavy atom. The molecule has 0 bridgehead atoms. The summed E-state index contributed by atoms with van der Waals surface area (Å²) in [4.78, 5) is 0. The number of benzene rings is 1. The summed E-state index contributed by atoms with van der Waals surface area (Å²) in [5.74, 6) is 0.828. The molecule has 1 fully saturated rings. The highest BCUT2D eigenvalue weighted by atomic mass is 79.9. The van der Waals surface area contributed by atoms with Gasteiger partial charge >= 0.3 is 0 Å². The minimum absolute atomic E-state index is 0.745. The average molecular weight is 311 g/mol. The number of hydrogen-bond donors (Lipinski definition) is 2. The SMILES string of the molecule is CNC1CCC(CNc2ccc(C)c(Br)c2)CC1. The lowest BCUT2D eigenvalue weighted by atomic mass is 9.86. The molecule has 0 radical (unpaired) electrons. The molecule has 2 N–H and O–H groups in total. The van der Waals surface area contributed by atoms with Gasteiger partial charge < -0.3 is 10.6 Å². The molecule has 0 atom stereocenters. The van der Waals surface area contributed by atoms with Crippen LogP contribution in [0.4, 0.5) is 5.69 Å². The molecule has 1 aromatic carbocycles. The van der Waals surface area contributed by atoms with Gasteiger partial charge in [0.05, 0.1) is 0 Å². The summed E-state index contributed by atoms with van der Waals surface area (Å²) in [6.45, 7) is 3.22. The van der Waals surface area contributed by atoms with E-state index in [0.29, 0.717) is 0 Å². The van der Waals surface area contributed by atoms with Gasteiger partial charge in [0.1, 0.15) is 0 Å². The van der Waals surface area contributed by atoms with Gasteiger partial charge in [0.2, 0.25) is 0 Å². The van der Waals surface area contributed by atoms with Gasteiger partial charge in [0.25, 0.3) is 0 Å². The van der Waals surface area contributed by atoms with E-state index in [0.717, 1.165) is 18.5 Å². The average Bonchev–Trinajstić information content (AvgIpc) is 2.41. The monoisotopic (exact) mass is 310 g/mol. The molecule has 0 heterocycles. The lowest BCUT2D eigenvalue weighted by Gasteiger charge is -2.28. The molecular formula is C15H23BrN2. The summed E-state index contributed by atoms with van der Waals surface area (Å²) < 4.78 is 1.19. The number of rotatable bonds is 4. The van der Waals surface area contributed by atoms with E-state index < -0.39 is 0 Å². The first-order valence-corrected chi connectivity index (χ1v) is 7.65. The second-order valence-corrected chi connectivity index (χ2v) is 6.21. The topological polar surface area (TPSA) is 24.1 Å². The number of halogens is 1. The van der Waals surface area contributed by atoms with Crippen LogP contribution in [0.5, 0.6) is 0 Å². The second kappa shape index (κ2) is 6.58. The van der Waals surface area contributed by atoms with Gasteiger partial charge in [0, 0.05) is 22.7 Å². The van der Waals surface area contributed by atoms with E-state index in [1.54, 1.807) is 0 Å². The minimum atomic E-state index is 0.745. The summed E-state index contributed by atoms with van der Waals surface area (Å²) in [5, 5.41) is 6.95. The van der Waals surface area contributed by atoms with Crippen molar-refractivity contribution in [2.45, 2.75) is 38.6 Å². The van der Waals surface area contributed by atoms with Crippen molar-refractivity contribution in [2.24, 2.45) is 5.92 Å². The largest absolute Gasteiger partial charge is 0.385 e. The molecule has 1 aliphatic rings. The summed E-state index contributed by atoms with van der Waals surface area (Å²) in [6.07, 6.45) is 5.32. The van der Waals surface area contributed by atoms with E-state index in [1.807, 2.05) is 0 Å². The van der Waals surface area contributed by atoms with Gasteiger partial charge in [0.15, 0.2) is 0 Å². The van der Waals surface area contributed by atoms with Crippen LogP contribution in [0.15, 0.2) is 22.7 Å². The van der Waals surface area contributed by atoms with Gasteiger partial charge in [-0.15, -0.1) is 0 Å². The highest BCUT2D eigenvalue weighted by Gasteiger charge is 2.19. The van der Waals surface area contributed by atoms with Crippen molar-refractivity contribution in [1.29, 1.82) is 0 Å². The fourth-order valence-electron chi connectivity index (χ4n) is 2.62. The van der Waals surface area contributed by atoms with Crippen LogP contribution in [0, 0.1) is 12.8 Å². The van der Waals surface area contributed by atoms with E-state index in [4.69, 9.17) is 0 Å². The van der Waals surface area contributed by atoms with Crippen LogP contribution >= 0.6 is 15.9 Å². The highest BCUT2D eigenvalue weighted by Crippen LogP contribution is 2.25. The van der Waals surface area contributed by atoms with Crippen molar-refractivity contribution >= 4 is 21.6 Å². The third-order valence-corrected chi connectivity index (χ3v) is 4.88. The van der Waals surface area contributed by atoms with Gasteiger partial charge in [-0.05, 0) is 63.3 Å². The third kappa shape index (κ3) is 3.72. The van der Waals surface area contributed by atoms with Gasteiger partial charge in [-0.25, -0.2) is 0 Å². The Labute approximate surface area is 119 Å². The first kappa shape index (κ1) is 13.9. The van der Waals surface area contributed by atoms with Gasteiger partial charge in [-0.1, -0.05) is 22.0 Å². The Hall–Kier alpha value is -0.540. The molecule has 3 heteroatoms. The maximum atomic E-state index is 3.58. The fraction of sp³-hybridized carbons (Fsp3) is 0.600. The molecule has 0 unspecified atom stereocenters. The van der Waals surface area contributed by atoms with Crippen LogP contribution in [0.3, 0.4) is 0 Å². The van der Waals surface area contributed by atoms with Crippen molar-refractivity contribution < 1.29 is 0 Å². The lowest BCUT2D eigenvalue weighted by molar-refractivity contribution is 0.312. The summed E-state index contributed by atoms with van der Waals surface area (Å²) in [6, 6.07) is 7.24. The molecular weight excluding hydrogens is 288 g/mol. The van der Waals surface area contributed by atoms with E-state index in [2.05, 4.69) is 58.7 Å². The standard InChI is InChI=1S/C15H23BrN2/c1-11-3-6-14(9-15(11)16)18-10-12-4-7-13(17-2)8-5-12/h3,6,9,12-13,17-18H,4-5,7-8,10H2,1-2H3. The zero-order chi connectivity index (χ0) is 13.0. The summed E-state index contributed by atoms with van der Waals surface area (Å²) in [7, 11) is 2.08. The van der Waals surface area contributed by atoms with Crippen molar-refractivity contribution in [1.82, 2.24) is 5.32 Å². The molecule has 0 amide bonds. The Kier molecular flexibility index (Phi) is 5.07. The fourth-order valence-corrected chi connectivity index (χ4v) is 3.00. The van der Waals surface area contributed by atoms with Crippen LogP contribution in [0.1, 0.15) is 31.2 Å². The maximum Gasteiger partial charge on any atom is 0.0351 e. The molecule has 2 rings (SSSR count). The molecule has 2 nitrogen and oxygen atoms in total. The first-order chi connectivity index (χ1) is 8.69. The molecule has 18 heavy (non-hydrogen) atoms. The quantitative estimate of drug-likeness (QED) is 0.880. The van der Waals surface area contributed by atoms with Crippen molar-refractivity contribution in [3.05, 3.63) is 28.2 Å². The molecule has 1 aromatic rings. The van der Waals surface area contributed by atoms with E-state index in [9.17, 15) is 0 Å². The number of nitrogens with one attached hydrogen (secondary N) is 2. The molecule has 0 aliphatic heterocycles. The number of aryl methyl sites for hydroxylation is 1. The smallest absolute Gasteiger partial charge is 0.0351 e. The molecule has 0 aromatic heterocycles. The van der Waals surface area contributed by atoms with E-state index >= 15 is 0 Å².